The second-order valence-electron chi connectivity index (χ2n) is 6.86. The molecule has 0 aliphatic carbocycles. The van der Waals surface area contributed by atoms with Crippen LogP contribution in [0.3, 0.4) is 0 Å². The van der Waals surface area contributed by atoms with Gasteiger partial charge in [-0.15, -0.1) is 0 Å². The summed E-state index contributed by atoms with van der Waals surface area (Å²) in [6, 6.07) is 0.0276. The summed E-state index contributed by atoms with van der Waals surface area (Å²) in [5.74, 6) is -0.164. The van der Waals surface area contributed by atoms with Gasteiger partial charge in [-0.2, -0.15) is 0 Å². The molecule has 0 fully saturated rings. The van der Waals surface area contributed by atoms with E-state index in [1.165, 1.54) is 0 Å². The zero-order valence-electron chi connectivity index (χ0n) is 14.2. The third kappa shape index (κ3) is 11.1. The summed E-state index contributed by atoms with van der Waals surface area (Å²) in [6.07, 6.45) is 3.66. The maximum Gasteiger partial charge on any atom is 0.314 e. The Kier molecular flexibility index (Phi) is 9.06. The molecule has 3 N–H and O–H groups in total. The summed E-state index contributed by atoms with van der Waals surface area (Å²) in [7, 11) is 0. The van der Waals surface area contributed by atoms with Gasteiger partial charge in [-0.3, -0.25) is 4.79 Å². The summed E-state index contributed by atoms with van der Waals surface area (Å²) in [4.78, 5) is 22.3. The Morgan fingerprint density at radius 2 is 1.81 bits per heavy atom. The standard InChI is InChI=1S/C16H32N2O3/c1-6-12(2)11-13(3)18-15(21)17-10-9-16(4,5)8-7-14(19)20/h12-13H,6-11H2,1-5H3,(H,19,20)(H2,17,18,21). The van der Waals surface area contributed by atoms with Crippen LogP contribution in [0.15, 0.2) is 0 Å². The van der Waals surface area contributed by atoms with E-state index in [2.05, 4.69) is 24.5 Å². The molecule has 0 aliphatic heterocycles. The number of rotatable bonds is 10. The fraction of sp³-hybridized carbons (Fsp3) is 0.875. The topological polar surface area (TPSA) is 78.4 Å². The van der Waals surface area contributed by atoms with Crippen LogP contribution in [0.2, 0.25) is 0 Å². The van der Waals surface area contributed by atoms with Crippen LogP contribution in [-0.4, -0.2) is 29.7 Å². The number of urea groups is 1. The van der Waals surface area contributed by atoms with Gasteiger partial charge >= 0.3 is 12.0 Å². The Labute approximate surface area is 128 Å². The largest absolute Gasteiger partial charge is 0.481 e. The Balaban J connectivity index is 3.90. The first-order valence-electron chi connectivity index (χ1n) is 7.92. The fourth-order valence-corrected chi connectivity index (χ4v) is 2.19. The maximum atomic E-state index is 11.8. The van der Waals surface area contributed by atoms with E-state index >= 15 is 0 Å². The third-order valence-corrected chi connectivity index (χ3v) is 3.93. The number of nitrogens with one attached hydrogen (secondary N) is 2. The third-order valence-electron chi connectivity index (χ3n) is 3.93. The van der Waals surface area contributed by atoms with Crippen molar-refractivity contribution in [1.29, 1.82) is 0 Å². The Morgan fingerprint density at radius 3 is 2.33 bits per heavy atom. The molecule has 5 heteroatoms. The summed E-state index contributed by atoms with van der Waals surface area (Å²) >= 11 is 0. The molecule has 21 heavy (non-hydrogen) atoms. The Bertz CT molecular complexity index is 329. The van der Waals surface area contributed by atoms with E-state index in [1.807, 2.05) is 20.8 Å². The van der Waals surface area contributed by atoms with Gasteiger partial charge in [0.25, 0.3) is 0 Å². The predicted molar refractivity (Wildman–Crippen MR) is 85.3 cm³/mol. The first-order chi connectivity index (χ1) is 9.66. The van der Waals surface area contributed by atoms with Crippen molar-refractivity contribution in [1.82, 2.24) is 10.6 Å². The second kappa shape index (κ2) is 9.64. The summed E-state index contributed by atoms with van der Waals surface area (Å²) in [5, 5.41) is 14.5. The number of amides is 2. The van der Waals surface area contributed by atoms with Crippen molar-refractivity contribution in [2.75, 3.05) is 6.54 Å². The van der Waals surface area contributed by atoms with Gasteiger partial charge in [-0.05, 0) is 37.5 Å². The molecule has 0 saturated heterocycles. The van der Waals surface area contributed by atoms with E-state index in [9.17, 15) is 9.59 Å². The van der Waals surface area contributed by atoms with E-state index in [-0.39, 0.29) is 23.9 Å². The van der Waals surface area contributed by atoms with Crippen LogP contribution in [0.1, 0.15) is 66.7 Å². The van der Waals surface area contributed by atoms with Gasteiger partial charge in [0.2, 0.25) is 0 Å². The van der Waals surface area contributed by atoms with Gasteiger partial charge in [0.05, 0.1) is 0 Å². The highest BCUT2D eigenvalue weighted by atomic mass is 16.4. The number of aliphatic carboxylic acids is 1. The predicted octanol–water partition coefficient (Wildman–Crippen LogP) is 3.39. The molecule has 0 aromatic heterocycles. The lowest BCUT2D eigenvalue weighted by Gasteiger charge is -2.24. The molecular formula is C16H32N2O3. The molecule has 2 unspecified atom stereocenters. The molecule has 0 aromatic rings. The van der Waals surface area contributed by atoms with Gasteiger partial charge in [-0.25, -0.2) is 4.79 Å². The molecule has 0 rings (SSSR count). The van der Waals surface area contributed by atoms with Crippen LogP contribution in [-0.2, 0) is 4.79 Å². The molecule has 0 heterocycles. The average molecular weight is 300 g/mol. The van der Waals surface area contributed by atoms with Crippen molar-refractivity contribution in [3.8, 4) is 0 Å². The molecule has 5 nitrogen and oxygen atoms in total. The van der Waals surface area contributed by atoms with Crippen molar-refractivity contribution in [3.05, 3.63) is 0 Å². The van der Waals surface area contributed by atoms with Crippen LogP contribution < -0.4 is 10.6 Å². The summed E-state index contributed by atoms with van der Waals surface area (Å²) in [6.45, 7) is 11.0. The van der Waals surface area contributed by atoms with Crippen LogP contribution >= 0.6 is 0 Å². The molecule has 0 saturated carbocycles. The summed E-state index contributed by atoms with van der Waals surface area (Å²) in [5.41, 5.74) is -0.0754. The van der Waals surface area contributed by atoms with Gasteiger partial charge in [0.15, 0.2) is 0 Å². The van der Waals surface area contributed by atoms with Crippen molar-refractivity contribution in [2.24, 2.45) is 11.3 Å². The van der Waals surface area contributed by atoms with Gasteiger partial charge in [0.1, 0.15) is 0 Å². The smallest absolute Gasteiger partial charge is 0.314 e. The quantitative estimate of drug-likeness (QED) is 0.578. The molecule has 0 aliphatic rings. The molecule has 0 bridgehead atoms. The molecule has 2 amide bonds. The van der Waals surface area contributed by atoms with Crippen LogP contribution in [0.5, 0.6) is 0 Å². The molecule has 0 radical (unpaired) electrons. The zero-order chi connectivity index (χ0) is 16.5. The van der Waals surface area contributed by atoms with E-state index in [4.69, 9.17) is 5.11 Å². The highest BCUT2D eigenvalue weighted by Crippen LogP contribution is 2.25. The fourth-order valence-electron chi connectivity index (χ4n) is 2.19. The number of carboxylic acid groups (broad SMARTS) is 1. The average Bonchev–Trinajstić information content (AvgIpc) is 2.35. The van der Waals surface area contributed by atoms with Crippen LogP contribution in [0.25, 0.3) is 0 Å². The molecule has 2 atom stereocenters. The minimum absolute atomic E-state index is 0.0754. The van der Waals surface area contributed by atoms with Crippen LogP contribution in [0.4, 0.5) is 4.79 Å². The van der Waals surface area contributed by atoms with Gasteiger partial charge in [0, 0.05) is 19.0 Å². The number of carboxylic acids is 1. The van der Waals surface area contributed by atoms with E-state index in [0.717, 1.165) is 19.3 Å². The van der Waals surface area contributed by atoms with Crippen molar-refractivity contribution < 1.29 is 14.7 Å². The highest BCUT2D eigenvalue weighted by molar-refractivity contribution is 5.74. The second-order valence-corrected chi connectivity index (χ2v) is 6.86. The normalized spacial score (nSPS) is 14.3. The number of carbonyl (C=O) groups is 2. The Morgan fingerprint density at radius 1 is 1.19 bits per heavy atom. The van der Waals surface area contributed by atoms with Gasteiger partial charge in [-0.1, -0.05) is 34.1 Å². The van der Waals surface area contributed by atoms with Crippen molar-refractivity contribution >= 4 is 12.0 Å². The lowest BCUT2D eigenvalue weighted by molar-refractivity contribution is -0.137. The van der Waals surface area contributed by atoms with Crippen molar-refractivity contribution in [2.45, 2.75) is 72.8 Å². The number of hydrogen-bond donors (Lipinski definition) is 3. The maximum absolute atomic E-state index is 11.8. The minimum atomic E-state index is -0.771. The Hall–Kier alpha value is -1.26. The first-order valence-corrected chi connectivity index (χ1v) is 7.92. The number of hydrogen-bond acceptors (Lipinski definition) is 2. The SMILES string of the molecule is CCC(C)CC(C)NC(=O)NCCC(C)(C)CCC(=O)O. The van der Waals surface area contributed by atoms with Gasteiger partial charge < -0.3 is 15.7 Å². The van der Waals surface area contributed by atoms with Crippen LogP contribution in [0, 0.1) is 11.3 Å². The van der Waals surface area contributed by atoms with E-state index in [0.29, 0.717) is 18.9 Å². The first kappa shape index (κ1) is 19.7. The van der Waals surface area contributed by atoms with E-state index < -0.39 is 5.97 Å². The summed E-state index contributed by atoms with van der Waals surface area (Å²) < 4.78 is 0. The lowest BCUT2D eigenvalue weighted by atomic mass is 9.84. The van der Waals surface area contributed by atoms with Crippen molar-refractivity contribution in [3.63, 3.8) is 0 Å². The highest BCUT2D eigenvalue weighted by Gasteiger charge is 2.19. The molecule has 0 spiro atoms. The minimum Gasteiger partial charge on any atom is -0.481 e. The molecular weight excluding hydrogens is 268 g/mol. The van der Waals surface area contributed by atoms with E-state index in [1.54, 1.807) is 0 Å². The monoisotopic (exact) mass is 300 g/mol. The lowest BCUT2D eigenvalue weighted by Crippen LogP contribution is -2.42. The zero-order valence-corrected chi connectivity index (χ0v) is 14.2. The molecule has 0 aromatic carbocycles. The molecule has 124 valence electrons. The number of carbonyl (C=O) groups excluding carboxylic acids is 1.